The van der Waals surface area contributed by atoms with E-state index in [4.69, 9.17) is 0 Å². The summed E-state index contributed by atoms with van der Waals surface area (Å²) in [5.74, 6) is -2.85. The molecule has 40 heavy (non-hydrogen) atoms. The van der Waals surface area contributed by atoms with Gasteiger partial charge in [0.1, 0.15) is 23.7 Å². The number of hydrogen-bond acceptors (Lipinski definition) is 7. The number of nitrogens with one attached hydrogen (secondary N) is 2. The van der Waals surface area contributed by atoms with Crippen molar-refractivity contribution in [3.63, 3.8) is 0 Å². The van der Waals surface area contributed by atoms with Gasteiger partial charge in [-0.1, -0.05) is 0 Å². The summed E-state index contributed by atoms with van der Waals surface area (Å²) in [6.45, 7) is 0.0274. The second-order valence-electron chi connectivity index (χ2n) is 9.52. The number of anilines is 1. The number of nitrogens with zero attached hydrogens (tertiary/aromatic N) is 4. The van der Waals surface area contributed by atoms with Crippen LogP contribution in [-0.4, -0.2) is 80.2 Å². The molecule has 0 aliphatic carbocycles. The molecule has 15 heteroatoms. The quantitative estimate of drug-likeness (QED) is 0.411. The third-order valence-electron chi connectivity index (χ3n) is 6.46. The lowest BCUT2D eigenvalue weighted by atomic mass is 10.0. The van der Waals surface area contributed by atoms with E-state index in [1.807, 2.05) is 4.72 Å². The Morgan fingerprint density at radius 3 is 2.50 bits per heavy atom. The van der Waals surface area contributed by atoms with Crippen molar-refractivity contribution < 1.29 is 31.6 Å². The van der Waals surface area contributed by atoms with E-state index in [1.165, 1.54) is 42.3 Å². The molecule has 2 N–H and O–H groups in total. The maximum atomic E-state index is 13.9. The first-order chi connectivity index (χ1) is 18.9. The van der Waals surface area contributed by atoms with Crippen LogP contribution in [0.1, 0.15) is 18.4 Å². The fraction of sp³-hybridized carbons (Fsp3) is 0.360. The van der Waals surface area contributed by atoms with E-state index in [9.17, 15) is 31.6 Å². The van der Waals surface area contributed by atoms with Gasteiger partial charge in [-0.05, 0) is 48.7 Å². The van der Waals surface area contributed by atoms with Crippen LogP contribution in [-0.2, 0) is 26.2 Å². The normalized spacial score (nSPS) is 16.5. The van der Waals surface area contributed by atoms with Crippen LogP contribution in [0.4, 0.5) is 19.3 Å². The smallest absolute Gasteiger partial charge is 0.330 e. The molecular formula is C25H28F2N6O5S2. The van der Waals surface area contributed by atoms with Gasteiger partial charge in [0.15, 0.2) is 0 Å². The van der Waals surface area contributed by atoms with E-state index < -0.39 is 51.8 Å². The van der Waals surface area contributed by atoms with Crippen molar-refractivity contribution in [2.75, 3.05) is 32.6 Å². The zero-order valence-corrected chi connectivity index (χ0v) is 23.6. The van der Waals surface area contributed by atoms with Crippen LogP contribution in [0.15, 0.2) is 41.9 Å². The number of halogens is 2. The molecule has 0 radical (unpaired) electrons. The molecule has 214 valence electrons. The summed E-state index contributed by atoms with van der Waals surface area (Å²) in [6.07, 6.45) is 0.378. The Hall–Kier alpha value is -3.69. The molecule has 11 nitrogen and oxygen atoms in total. The number of carbonyl (C=O) groups is 3. The van der Waals surface area contributed by atoms with E-state index in [-0.39, 0.29) is 18.5 Å². The molecule has 1 fully saturated rings. The van der Waals surface area contributed by atoms with Gasteiger partial charge in [-0.25, -0.2) is 23.3 Å². The summed E-state index contributed by atoms with van der Waals surface area (Å²) >= 11 is 1.42. The van der Waals surface area contributed by atoms with Crippen molar-refractivity contribution in [1.82, 2.24) is 24.2 Å². The molecule has 1 saturated heterocycles. The number of aromatic nitrogens is 1. The number of amides is 4. The molecule has 0 unspecified atom stereocenters. The number of likely N-dealkylation sites (N-methyl/N-ethyl adjacent to an activating group) is 2. The molecule has 0 spiro atoms. The second kappa shape index (κ2) is 11.8. The molecule has 4 rings (SSSR count). The molecule has 2 heterocycles. The van der Waals surface area contributed by atoms with Crippen LogP contribution in [0.25, 0.3) is 10.2 Å². The second-order valence-corrected chi connectivity index (χ2v) is 12.0. The lowest BCUT2D eigenvalue weighted by Crippen LogP contribution is -2.56. The zero-order valence-electron chi connectivity index (χ0n) is 21.9. The van der Waals surface area contributed by atoms with Crippen molar-refractivity contribution in [2.24, 2.45) is 0 Å². The summed E-state index contributed by atoms with van der Waals surface area (Å²) < 4.78 is 57.5. The minimum Gasteiger partial charge on any atom is -0.347 e. The highest BCUT2D eigenvalue weighted by molar-refractivity contribution is 7.87. The number of urea groups is 1. The van der Waals surface area contributed by atoms with Crippen LogP contribution >= 0.6 is 11.3 Å². The topological polar surface area (TPSA) is 132 Å². The Bertz CT molecular complexity index is 1530. The highest BCUT2D eigenvalue weighted by Crippen LogP contribution is 2.25. The number of benzene rings is 2. The van der Waals surface area contributed by atoms with E-state index in [0.29, 0.717) is 30.1 Å². The predicted molar refractivity (Wildman–Crippen MR) is 146 cm³/mol. The van der Waals surface area contributed by atoms with Gasteiger partial charge in [0.05, 0.1) is 15.7 Å². The van der Waals surface area contributed by atoms with Gasteiger partial charge in [0, 0.05) is 45.9 Å². The average molecular weight is 595 g/mol. The van der Waals surface area contributed by atoms with Crippen LogP contribution in [0, 0.1) is 11.6 Å². The fourth-order valence-corrected chi connectivity index (χ4v) is 6.49. The molecule has 1 aliphatic rings. The standard InChI is InChI=1S/C25H28F2N6O5S2/c1-31(2)24(35)21-5-4-8-33(21)40(37,38)30-25(36)29-20(11-15-9-16(26)12-17(27)10-15)23(34)32(3)18-6-7-22-19(13-18)28-14-39-22/h6-7,9-10,12-14,20-21H,4-5,8,11H2,1-3H3,(H2,29,30,36)/t20-,21+/m0/s1. The largest absolute Gasteiger partial charge is 0.347 e. The van der Waals surface area contributed by atoms with Crippen molar-refractivity contribution in [3.8, 4) is 0 Å². The average Bonchev–Trinajstić information content (AvgIpc) is 3.55. The maximum Gasteiger partial charge on any atom is 0.330 e. The molecule has 2 aromatic carbocycles. The van der Waals surface area contributed by atoms with Gasteiger partial charge in [-0.15, -0.1) is 11.3 Å². The summed E-state index contributed by atoms with van der Waals surface area (Å²) in [6, 6.07) is 4.21. The van der Waals surface area contributed by atoms with Crippen molar-refractivity contribution in [2.45, 2.75) is 31.3 Å². The van der Waals surface area contributed by atoms with E-state index in [1.54, 1.807) is 23.7 Å². The van der Waals surface area contributed by atoms with Crippen molar-refractivity contribution in [3.05, 3.63) is 59.1 Å². The highest BCUT2D eigenvalue weighted by atomic mass is 32.2. The zero-order chi connectivity index (χ0) is 29.2. The molecular weight excluding hydrogens is 566 g/mol. The third kappa shape index (κ3) is 6.54. The molecule has 2 atom stereocenters. The summed E-state index contributed by atoms with van der Waals surface area (Å²) in [5, 5.41) is 2.33. The summed E-state index contributed by atoms with van der Waals surface area (Å²) in [5.41, 5.74) is 2.81. The van der Waals surface area contributed by atoms with Gasteiger partial charge in [-0.2, -0.15) is 12.7 Å². The lowest BCUT2D eigenvalue weighted by Gasteiger charge is -2.27. The van der Waals surface area contributed by atoms with E-state index in [0.717, 1.165) is 21.1 Å². The minimum atomic E-state index is -4.46. The monoisotopic (exact) mass is 594 g/mol. The lowest BCUT2D eigenvalue weighted by molar-refractivity contribution is -0.132. The Morgan fingerprint density at radius 1 is 1.12 bits per heavy atom. The number of thiazole rings is 1. The Kier molecular flexibility index (Phi) is 8.65. The molecule has 1 aromatic heterocycles. The first kappa shape index (κ1) is 29.3. The van der Waals surface area contributed by atoms with Gasteiger partial charge in [0.25, 0.3) is 0 Å². The van der Waals surface area contributed by atoms with Crippen LogP contribution < -0.4 is 14.9 Å². The van der Waals surface area contributed by atoms with Gasteiger partial charge >= 0.3 is 16.2 Å². The molecule has 0 saturated carbocycles. The van der Waals surface area contributed by atoms with Gasteiger partial charge in [-0.3, -0.25) is 9.59 Å². The summed E-state index contributed by atoms with van der Waals surface area (Å²) in [7, 11) is -0.0122. The third-order valence-corrected chi connectivity index (χ3v) is 8.77. The first-order valence-electron chi connectivity index (χ1n) is 12.2. The molecule has 0 bridgehead atoms. The van der Waals surface area contributed by atoms with Gasteiger partial charge in [0.2, 0.25) is 11.8 Å². The van der Waals surface area contributed by atoms with Crippen LogP contribution in [0.3, 0.4) is 0 Å². The van der Waals surface area contributed by atoms with E-state index in [2.05, 4.69) is 10.3 Å². The highest BCUT2D eigenvalue weighted by Gasteiger charge is 2.40. The summed E-state index contributed by atoms with van der Waals surface area (Å²) in [4.78, 5) is 45.6. The fourth-order valence-electron chi connectivity index (χ4n) is 4.52. The van der Waals surface area contributed by atoms with E-state index >= 15 is 0 Å². The van der Waals surface area contributed by atoms with Crippen LogP contribution in [0.2, 0.25) is 0 Å². The number of rotatable bonds is 8. The minimum absolute atomic E-state index is 0.0274. The van der Waals surface area contributed by atoms with Gasteiger partial charge < -0.3 is 15.1 Å². The SMILES string of the molecule is CN(C)C(=O)[C@H]1CCCN1S(=O)(=O)NC(=O)N[C@@H](Cc1cc(F)cc(F)c1)C(=O)N(C)c1ccc2scnc2c1. The predicted octanol–water partition coefficient (Wildman–Crippen LogP) is 2.25. The molecule has 3 aromatic rings. The van der Waals surface area contributed by atoms with Crippen molar-refractivity contribution in [1.29, 1.82) is 0 Å². The van der Waals surface area contributed by atoms with Crippen molar-refractivity contribution >= 4 is 55.3 Å². The Morgan fingerprint density at radius 2 is 1.82 bits per heavy atom. The maximum absolute atomic E-state index is 13.9. The molecule has 1 aliphatic heterocycles. The number of hydrogen-bond donors (Lipinski definition) is 2. The first-order valence-corrected chi connectivity index (χ1v) is 14.5. The Labute approximate surface area is 233 Å². The Balaban J connectivity index is 1.56. The number of carbonyl (C=O) groups excluding carboxylic acids is 3. The van der Waals surface area contributed by atoms with Crippen LogP contribution in [0.5, 0.6) is 0 Å². The molecule has 4 amide bonds. The number of fused-ring (bicyclic) bond motifs is 1.